The summed E-state index contributed by atoms with van der Waals surface area (Å²) >= 11 is 0. The zero-order chi connectivity index (χ0) is 17.6. The lowest BCUT2D eigenvalue weighted by Gasteiger charge is -2.35. The van der Waals surface area contributed by atoms with Crippen LogP contribution in [0.3, 0.4) is 0 Å². The summed E-state index contributed by atoms with van der Waals surface area (Å²) in [7, 11) is 0. The lowest BCUT2D eigenvalue weighted by molar-refractivity contribution is 0.0922. The number of amides is 1. The third kappa shape index (κ3) is 4.89. The molecule has 134 valence electrons. The molecule has 0 aliphatic carbocycles. The minimum absolute atomic E-state index is 0.00831. The minimum atomic E-state index is 0.00831. The quantitative estimate of drug-likeness (QED) is 0.875. The van der Waals surface area contributed by atoms with Gasteiger partial charge in [-0.1, -0.05) is 12.1 Å². The number of hydrogen-bond donors (Lipinski definition) is 1. The van der Waals surface area contributed by atoms with Crippen LogP contribution in [0.1, 0.15) is 42.6 Å². The van der Waals surface area contributed by atoms with Crippen molar-refractivity contribution in [3.05, 3.63) is 48.0 Å². The average Bonchev–Trinajstić information content (AvgIpc) is 3.13. The highest BCUT2D eigenvalue weighted by Crippen LogP contribution is 2.18. The van der Waals surface area contributed by atoms with Gasteiger partial charge in [-0.3, -0.25) is 4.79 Å². The van der Waals surface area contributed by atoms with Crippen LogP contribution >= 0.6 is 0 Å². The molecule has 25 heavy (non-hydrogen) atoms. The van der Waals surface area contributed by atoms with E-state index in [-0.39, 0.29) is 5.91 Å². The first-order valence-corrected chi connectivity index (χ1v) is 9.05. The number of nitrogens with one attached hydrogen (secondary N) is 1. The lowest BCUT2D eigenvalue weighted by Crippen LogP contribution is -2.43. The number of piperidine rings is 1. The zero-order valence-corrected chi connectivity index (χ0v) is 15.1. The summed E-state index contributed by atoms with van der Waals surface area (Å²) in [4.78, 5) is 18.8. The van der Waals surface area contributed by atoms with Gasteiger partial charge in [0.25, 0.3) is 5.91 Å². The summed E-state index contributed by atoms with van der Waals surface area (Å²) in [5.41, 5.74) is 1.81. The molecule has 2 aromatic rings. The number of likely N-dealkylation sites (tertiary alicyclic amines) is 1. The molecule has 6 nitrogen and oxygen atoms in total. The zero-order valence-electron chi connectivity index (χ0n) is 15.1. The fraction of sp³-hybridized carbons (Fsp3) is 0.526. The molecule has 0 radical (unpaired) electrons. The van der Waals surface area contributed by atoms with Crippen LogP contribution in [-0.2, 0) is 6.54 Å². The first kappa shape index (κ1) is 17.6. The molecule has 1 aliphatic heterocycles. The van der Waals surface area contributed by atoms with Crippen LogP contribution in [0.2, 0.25) is 0 Å². The van der Waals surface area contributed by atoms with Crippen LogP contribution < -0.4 is 5.32 Å². The van der Waals surface area contributed by atoms with E-state index in [1.807, 2.05) is 24.3 Å². The highest BCUT2D eigenvalue weighted by atomic mass is 16.1. The second kappa shape index (κ2) is 8.25. The molecular formula is C19H27N5O. The van der Waals surface area contributed by atoms with E-state index in [1.165, 1.54) is 25.7 Å². The normalized spacial score (nSPS) is 18.4. The minimum Gasteiger partial charge on any atom is -0.352 e. The summed E-state index contributed by atoms with van der Waals surface area (Å²) < 4.78 is 1.76. The van der Waals surface area contributed by atoms with E-state index < -0.39 is 0 Å². The Hall–Kier alpha value is -2.21. The van der Waals surface area contributed by atoms with Crippen molar-refractivity contribution in [1.82, 2.24) is 25.0 Å². The Morgan fingerprint density at radius 2 is 2.12 bits per heavy atom. The number of carbonyl (C=O) groups excluding carboxylic acids is 1. The predicted molar refractivity (Wildman–Crippen MR) is 97.3 cm³/mol. The summed E-state index contributed by atoms with van der Waals surface area (Å²) in [6.07, 6.45) is 5.62. The van der Waals surface area contributed by atoms with Crippen molar-refractivity contribution in [3.63, 3.8) is 0 Å². The number of carbonyl (C=O) groups is 1. The van der Waals surface area contributed by atoms with Crippen LogP contribution in [0.5, 0.6) is 0 Å². The molecule has 3 rings (SSSR count). The SMILES string of the molecule is CC(C)N1CCC[C@H](CNC(=O)c2ccc(Cn3cncn3)cc2)C1. The average molecular weight is 341 g/mol. The monoisotopic (exact) mass is 341 g/mol. The topological polar surface area (TPSA) is 63.1 Å². The van der Waals surface area contributed by atoms with Gasteiger partial charge in [-0.15, -0.1) is 0 Å². The van der Waals surface area contributed by atoms with Gasteiger partial charge in [0, 0.05) is 24.7 Å². The maximum absolute atomic E-state index is 12.4. The fourth-order valence-electron chi connectivity index (χ4n) is 3.33. The van der Waals surface area contributed by atoms with Gasteiger partial charge >= 0.3 is 0 Å². The van der Waals surface area contributed by atoms with E-state index in [1.54, 1.807) is 11.0 Å². The molecule has 1 amide bonds. The first-order valence-electron chi connectivity index (χ1n) is 9.05. The van der Waals surface area contributed by atoms with E-state index in [2.05, 4.69) is 34.1 Å². The van der Waals surface area contributed by atoms with Crippen molar-refractivity contribution in [2.75, 3.05) is 19.6 Å². The Balaban J connectivity index is 1.49. The maximum Gasteiger partial charge on any atom is 0.251 e. The van der Waals surface area contributed by atoms with E-state index in [4.69, 9.17) is 0 Å². The second-order valence-corrected chi connectivity index (χ2v) is 7.10. The van der Waals surface area contributed by atoms with Crippen LogP contribution in [0.15, 0.2) is 36.9 Å². The summed E-state index contributed by atoms with van der Waals surface area (Å²) in [6, 6.07) is 8.28. The van der Waals surface area contributed by atoms with Crippen molar-refractivity contribution in [3.8, 4) is 0 Å². The van der Waals surface area contributed by atoms with Crippen molar-refractivity contribution in [2.24, 2.45) is 5.92 Å². The van der Waals surface area contributed by atoms with Crippen molar-refractivity contribution in [1.29, 1.82) is 0 Å². The molecule has 1 aromatic carbocycles. The highest BCUT2D eigenvalue weighted by molar-refractivity contribution is 5.94. The molecule has 0 spiro atoms. The second-order valence-electron chi connectivity index (χ2n) is 7.10. The van der Waals surface area contributed by atoms with Gasteiger partial charge in [-0.25, -0.2) is 9.67 Å². The first-order chi connectivity index (χ1) is 12.1. The van der Waals surface area contributed by atoms with Gasteiger partial charge in [0.05, 0.1) is 6.54 Å². The Morgan fingerprint density at radius 3 is 2.80 bits per heavy atom. The summed E-state index contributed by atoms with van der Waals surface area (Å²) in [6.45, 7) is 8.14. The molecule has 2 heterocycles. The van der Waals surface area contributed by atoms with E-state index in [0.717, 1.165) is 18.7 Å². The largest absolute Gasteiger partial charge is 0.352 e. The molecule has 6 heteroatoms. The molecule has 1 aromatic heterocycles. The van der Waals surface area contributed by atoms with Gasteiger partial charge in [0.1, 0.15) is 12.7 Å². The van der Waals surface area contributed by atoms with Gasteiger partial charge in [0.15, 0.2) is 0 Å². The van der Waals surface area contributed by atoms with Gasteiger partial charge in [-0.05, 0) is 56.8 Å². The third-order valence-electron chi connectivity index (χ3n) is 4.86. The van der Waals surface area contributed by atoms with E-state index in [0.29, 0.717) is 24.1 Å². The van der Waals surface area contributed by atoms with Crippen LogP contribution in [0, 0.1) is 5.92 Å². The Labute approximate surface area is 149 Å². The molecule has 0 bridgehead atoms. The van der Waals surface area contributed by atoms with Crippen molar-refractivity contribution >= 4 is 5.91 Å². The van der Waals surface area contributed by atoms with Gasteiger partial charge in [-0.2, -0.15) is 5.10 Å². The number of aromatic nitrogens is 3. The molecular weight excluding hydrogens is 314 g/mol. The molecule has 1 N–H and O–H groups in total. The molecule has 1 saturated heterocycles. The Kier molecular flexibility index (Phi) is 5.81. The fourth-order valence-corrected chi connectivity index (χ4v) is 3.33. The molecule has 1 atom stereocenters. The third-order valence-corrected chi connectivity index (χ3v) is 4.86. The summed E-state index contributed by atoms with van der Waals surface area (Å²) in [5, 5.41) is 7.19. The van der Waals surface area contributed by atoms with Crippen molar-refractivity contribution in [2.45, 2.75) is 39.3 Å². The molecule has 1 aliphatic rings. The van der Waals surface area contributed by atoms with Gasteiger partial charge < -0.3 is 10.2 Å². The number of rotatable bonds is 6. The van der Waals surface area contributed by atoms with Crippen LogP contribution in [0.4, 0.5) is 0 Å². The Morgan fingerprint density at radius 1 is 1.32 bits per heavy atom. The maximum atomic E-state index is 12.4. The number of benzene rings is 1. The Bertz CT molecular complexity index is 666. The van der Waals surface area contributed by atoms with E-state index in [9.17, 15) is 4.79 Å². The number of nitrogens with zero attached hydrogens (tertiary/aromatic N) is 4. The van der Waals surface area contributed by atoms with Crippen LogP contribution in [-0.4, -0.2) is 51.2 Å². The van der Waals surface area contributed by atoms with Gasteiger partial charge in [0.2, 0.25) is 0 Å². The highest BCUT2D eigenvalue weighted by Gasteiger charge is 2.22. The predicted octanol–water partition coefficient (Wildman–Crippen LogP) is 2.18. The number of hydrogen-bond acceptors (Lipinski definition) is 4. The molecule has 0 unspecified atom stereocenters. The van der Waals surface area contributed by atoms with Crippen LogP contribution in [0.25, 0.3) is 0 Å². The lowest BCUT2D eigenvalue weighted by atomic mass is 9.97. The van der Waals surface area contributed by atoms with Crippen molar-refractivity contribution < 1.29 is 4.79 Å². The molecule has 0 saturated carbocycles. The smallest absolute Gasteiger partial charge is 0.251 e. The molecule has 1 fully saturated rings. The summed E-state index contributed by atoms with van der Waals surface area (Å²) in [5.74, 6) is 0.556. The van der Waals surface area contributed by atoms with E-state index >= 15 is 0 Å². The standard InChI is InChI=1S/C19H27N5O/c1-15(2)23-9-3-4-17(11-23)10-21-19(25)18-7-5-16(6-8-18)12-24-14-20-13-22-24/h5-8,13-15,17H,3-4,9-12H2,1-2H3,(H,21,25)/t17-/m1/s1.